The standard InChI is InChI=1S/C20H20F6N4O3/c1-12(10-31)27-17-8-16-9-29(3-2-4-30(16)28-17)18(32)33-11-13-5-14(19(21,22)23)7-15(6-13)20(24,25)26/h5-8,10,12H,2-4,9,11H2,1H3,(H,27,28). The Labute approximate surface area is 184 Å². The Bertz CT molecular complexity index is 986. The number of alkyl halides is 6. The van der Waals surface area contributed by atoms with Crippen molar-refractivity contribution < 1.29 is 40.7 Å². The van der Waals surface area contributed by atoms with E-state index in [1.54, 1.807) is 17.7 Å². The molecule has 1 aromatic heterocycles. The van der Waals surface area contributed by atoms with Gasteiger partial charge in [-0.15, -0.1) is 0 Å². The highest BCUT2D eigenvalue weighted by Gasteiger charge is 2.37. The molecule has 1 atom stereocenters. The number of hydrogen-bond acceptors (Lipinski definition) is 5. The second kappa shape index (κ2) is 9.32. The Hall–Kier alpha value is -3.25. The summed E-state index contributed by atoms with van der Waals surface area (Å²) in [6.45, 7) is 1.68. The fourth-order valence-electron chi connectivity index (χ4n) is 3.29. The van der Waals surface area contributed by atoms with E-state index in [0.29, 0.717) is 42.9 Å². The van der Waals surface area contributed by atoms with Gasteiger partial charge in [-0.05, 0) is 37.1 Å². The van der Waals surface area contributed by atoms with Crippen LogP contribution in [0.3, 0.4) is 0 Å². The molecule has 0 saturated heterocycles. The summed E-state index contributed by atoms with van der Waals surface area (Å²) in [5.74, 6) is 0.434. The molecule has 0 radical (unpaired) electrons. The Morgan fingerprint density at radius 3 is 2.33 bits per heavy atom. The molecule has 2 aromatic rings. The van der Waals surface area contributed by atoms with Crippen molar-refractivity contribution in [2.45, 2.75) is 51.4 Å². The summed E-state index contributed by atoms with van der Waals surface area (Å²) in [6.07, 6.45) is -9.67. The summed E-state index contributed by atoms with van der Waals surface area (Å²) in [4.78, 5) is 24.6. The first-order chi connectivity index (χ1) is 15.4. The van der Waals surface area contributed by atoms with E-state index in [0.717, 1.165) is 0 Å². The fraction of sp³-hybridized carbons (Fsp3) is 0.450. The third-order valence-corrected chi connectivity index (χ3v) is 4.86. The summed E-state index contributed by atoms with van der Waals surface area (Å²) < 4.78 is 84.7. The molecule has 1 N–H and O–H groups in total. The van der Waals surface area contributed by atoms with Crippen LogP contribution in [0.2, 0.25) is 0 Å². The van der Waals surface area contributed by atoms with Crippen LogP contribution in [0.15, 0.2) is 24.3 Å². The number of anilines is 1. The van der Waals surface area contributed by atoms with Gasteiger partial charge in [0, 0.05) is 19.2 Å². The quantitative estimate of drug-likeness (QED) is 0.507. The van der Waals surface area contributed by atoms with Gasteiger partial charge in [0.1, 0.15) is 18.7 Å². The van der Waals surface area contributed by atoms with E-state index in [-0.39, 0.29) is 19.2 Å². The van der Waals surface area contributed by atoms with Gasteiger partial charge in [-0.3, -0.25) is 4.68 Å². The molecule has 1 aromatic carbocycles. The first kappa shape index (κ1) is 24.4. The molecule has 7 nitrogen and oxygen atoms in total. The molecule has 0 aliphatic carbocycles. The molecule has 3 rings (SSSR count). The zero-order valence-electron chi connectivity index (χ0n) is 17.3. The second-order valence-electron chi connectivity index (χ2n) is 7.56. The summed E-state index contributed by atoms with van der Waals surface area (Å²) in [5.41, 5.74) is -2.76. The van der Waals surface area contributed by atoms with E-state index in [9.17, 15) is 35.9 Å². The lowest BCUT2D eigenvalue weighted by atomic mass is 10.1. The zero-order chi connectivity index (χ0) is 24.4. The van der Waals surface area contributed by atoms with Crippen molar-refractivity contribution in [3.05, 3.63) is 46.6 Å². The van der Waals surface area contributed by atoms with E-state index in [1.165, 1.54) is 4.90 Å². The Balaban J connectivity index is 1.71. The van der Waals surface area contributed by atoms with E-state index in [1.807, 2.05) is 0 Å². The molecular formula is C20H20F6N4O3. The van der Waals surface area contributed by atoms with Crippen molar-refractivity contribution in [2.24, 2.45) is 0 Å². The van der Waals surface area contributed by atoms with E-state index >= 15 is 0 Å². The minimum atomic E-state index is -4.99. The predicted octanol–water partition coefficient (Wildman–Crippen LogP) is 4.46. The van der Waals surface area contributed by atoms with Gasteiger partial charge in [0.05, 0.1) is 29.4 Å². The van der Waals surface area contributed by atoms with Crippen LogP contribution in [0, 0.1) is 0 Å². The first-order valence-electron chi connectivity index (χ1n) is 9.85. The molecule has 0 fully saturated rings. The SMILES string of the molecule is CC(C=O)Nc1cc2n(n1)CCCN(C(=O)OCc1cc(C(F)(F)F)cc(C(F)(F)F)c1)C2. The Morgan fingerprint density at radius 2 is 1.76 bits per heavy atom. The number of carbonyl (C=O) groups excluding carboxylic acids is 2. The number of benzene rings is 1. The number of fused-ring (bicyclic) bond motifs is 1. The van der Waals surface area contributed by atoms with Gasteiger partial charge < -0.3 is 19.7 Å². The molecule has 13 heteroatoms. The van der Waals surface area contributed by atoms with E-state index < -0.39 is 47.8 Å². The van der Waals surface area contributed by atoms with Crippen LogP contribution in [0.4, 0.5) is 37.0 Å². The largest absolute Gasteiger partial charge is 0.445 e. The summed E-state index contributed by atoms with van der Waals surface area (Å²) in [6, 6.07) is 2.23. The van der Waals surface area contributed by atoms with Crippen molar-refractivity contribution in [2.75, 3.05) is 11.9 Å². The van der Waals surface area contributed by atoms with Crippen LogP contribution < -0.4 is 5.32 Å². The normalized spacial score (nSPS) is 15.4. The molecule has 2 heterocycles. The summed E-state index contributed by atoms with van der Waals surface area (Å²) in [5, 5.41) is 7.18. The molecule has 1 unspecified atom stereocenters. The summed E-state index contributed by atoms with van der Waals surface area (Å²) >= 11 is 0. The average molecular weight is 478 g/mol. The maximum absolute atomic E-state index is 13.0. The second-order valence-corrected chi connectivity index (χ2v) is 7.56. The van der Waals surface area contributed by atoms with Crippen LogP contribution in [0.5, 0.6) is 0 Å². The molecule has 180 valence electrons. The van der Waals surface area contributed by atoms with Gasteiger partial charge in [0.15, 0.2) is 0 Å². The van der Waals surface area contributed by atoms with Gasteiger partial charge in [-0.1, -0.05) is 0 Å². The van der Waals surface area contributed by atoms with Crippen LogP contribution in [-0.2, 0) is 41.6 Å². The number of aromatic nitrogens is 2. The Kier molecular flexibility index (Phi) is 6.89. The van der Waals surface area contributed by atoms with E-state index in [4.69, 9.17) is 4.74 Å². The van der Waals surface area contributed by atoms with Gasteiger partial charge in [-0.25, -0.2) is 4.79 Å². The van der Waals surface area contributed by atoms with Gasteiger partial charge in [-0.2, -0.15) is 31.4 Å². The first-order valence-corrected chi connectivity index (χ1v) is 9.85. The van der Waals surface area contributed by atoms with Gasteiger partial charge in [0.25, 0.3) is 0 Å². The van der Waals surface area contributed by atoms with Gasteiger partial charge >= 0.3 is 18.4 Å². The lowest BCUT2D eigenvalue weighted by molar-refractivity contribution is -0.143. The minimum absolute atomic E-state index is 0.0123. The fourth-order valence-corrected chi connectivity index (χ4v) is 3.29. The molecule has 0 spiro atoms. The van der Waals surface area contributed by atoms with Crippen molar-refractivity contribution >= 4 is 18.2 Å². The molecule has 1 aliphatic heterocycles. The number of amides is 1. The minimum Gasteiger partial charge on any atom is -0.445 e. The van der Waals surface area contributed by atoms with Crippen LogP contribution in [0.25, 0.3) is 0 Å². The topological polar surface area (TPSA) is 76.5 Å². The number of aldehydes is 1. The van der Waals surface area contributed by atoms with E-state index in [2.05, 4.69) is 10.4 Å². The van der Waals surface area contributed by atoms with Crippen molar-refractivity contribution in [3.8, 4) is 0 Å². The van der Waals surface area contributed by atoms with Gasteiger partial charge in [0.2, 0.25) is 0 Å². The number of nitrogens with one attached hydrogen (secondary N) is 1. The monoisotopic (exact) mass is 478 g/mol. The maximum Gasteiger partial charge on any atom is 0.416 e. The third-order valence-electron chi connectivity index (χ3n) is 4.86. The molecule has 1 amide bonds. The highest BCUT2D eigenvalue weighted by atomic mass is 19.4. The number of rotatable bonds is 5. The molecule has 0 saturated carbocycles. The maximum atomic E-state index is 13.0. The number of halogens is 6. The highest BCUT2D eigenvalue weighted by Crippen LogP contribution is 2.36. The highest BCUT2D eigenvalue weighted by molar-refractivity contribution is 5.68. The van der Waals surface area contributed by atoms with Crippen LogP contribution >= 0.6 is 0 Å². The number of ether oxygens (including phenoxy) is 1. The smallest absolute Gasteiger partial charge is 0.416 e. The summed E-state index contributed by atoms with van der Waals surface area (Å²) in [7, 11) is 0. The number of carbonyl (C=O) groups is 2. The van der Waals surface area contributed by atoms with Crippen molar-refractivity contribution in [3.63, 3.8) is 0 Å². The lowest BCUT2D eigenvalue weighted by Gasteiger charge is -2.20. The Morgan fingerprint density at radius 1 is 1.12 bits per heavy atom. The number of aryl methyl sites for hydroxylation is 1. The molecule has 1 aliphatic rings. The average Bonchev–Trinajstić information content (AvgIpc) is 2.99. The van der Waals surface area contributed by atoms with Crippen molar-refractivity contribution in [1.29, 1.82) is 0 Å². The predicted molar refractivity (Wildman–Crippen MR) is 103 cm³/mol. The van der Waals surface area contributed by atoms with Crippen LogP contribution in [-0.4, -0.2) is 39.6 Å². The molecular weight excluding hydrogens is 458 g/mol. The zero-order valence-corrected chi connectivity index (χ0v) is 17.3. The molecule has 0 bridgehead atoms. The van der Waals surface area contributed by atoms with Crippen LogP contribution in [0.1, 0.15) is 35.7 Å². The number of nitrogens with zero attached hydrogens (tertiary/aromatic N) is 3. The number of hydrogen-bond donors (Lipinski definition) is 1. The lowest BCUT2D eigenvalue weighted by Crippen LogP contribution is -2.31. The third kappa shape index (κ3) is 6.17. The molecule has 33 heavy (non-hydrogen) atoms. The van der Waals surface area contributed by atoms with Crippen molar-refractivity contribution in [1.82, 2.24) is 14.7 Å².